The minimum Gasteiger partial charge on any atom is -0.478 e. The van der Waals surface area contributed by atoms with Crippen molar-refractivity contribution in [3.8, 4) is 0 Å². The van der Waals surface area contributed by atoms with Crippen molar-refractivity contribution in [1.82, 2.24) is 0 Å². The normalized spacial score (nSPS) is 10.8. The van der Waals surface area contributed by atoms with E-state index in [0.717, 1.165) is 0 Å². The smallest absolute Gasteiger partial charge is 0.353 e. The predicted octanol–water partition coefficient (Wildman–Crippen LogP) is 0.830. The highest BCUT2D eigenvalue weighted by Gasteiger charge is 2.47. The van der Waals surface area contributed by atoms with Gasteiger partial charge in [-0.25, -0.2) is 14.0 Å². The average Bonchev–Trinajstić information content (AvgIpc) is 1.84. The van der Waals surface area contributed by atoms with Gasteiger partial charge >= 0.3 is 17.6 Å². The maximum Gasteiger partial charge on any atom is 0.353 e. The first-order chi connectivity index (χ1) is 5.30. The fraction of sp³-hybridized carbons (Fsp3) is 0.429. The summed E-state index contributed by atoms with van der Waals surface area (Å²) in [4.78, 5) is 20.4. The minimum absolute atomic E-state index is 0.169. The third-order valence-electron chi connectivity index (χ3n) is 1.22. The topological polar surface area (TPSA) is 74.6 Å². The average molecular weight is 176 g/mol. The number of aliphatic carboxylic acids is 2. The van der Waals surface area contributed by atoms with Crippen molar-refractivity contribution in [2.75, 3.05) is 0 Å². The highest BCUT2D eigenvalue weighted by molar-refractivity contribution is 6.01. The third-order valence-corrected chi connectivity index (χ3v) is 1.22. The maximum atomic E-state index is 13.0. The number of allylic oxidation sites excluding steroid dienone is 1. The molecule has 0 heterocycles. The lowest BCUT2D eigenvalue weighted by atomic mass is 9.98. The second-order valence-electron chi connectivity index (χ2n) is 2.55. The van der Waals surface area contributed by atoms with Crippen LogP contribution in [0.1, 0.15) is 13.3 Å². The standard InChI is InChI=1S/C7H9FO4/c1-4(2)3-7(8,5(9)10)6(11)12/h1,3H2,2H3,(H,9,10)(H,11,12). The summed E-state index contributed by atoms with van der Waals surface area (Å²) < 4.78 is 13.0. The van der Waals surface area contributed by atoms with Crippen molar-refractivity contribution in [1.29, 1.82) is 0 Å². The van der Waals surface area contributed by atoms with Gasteiger partial charge in [-0.05, 0) is 6.92 Å². The summed E-state index contributed by atoms with van der Waals surface area (Å²) in [6, 6.07) is 0. The molecule has 0 aromatic carbocycles. The summed E-state index contributed by atoms with van der Waals surface area (Å²) in [6.45, 7) is 4.60. The van der Waals surface area contributed by atoms with E-state index in [2.05, 4.69) is 6.58 Å². The predicted molar refractivity (Wildman–Crippen MR) is 38.5 cm³/mol. The molecular weight excluding hydrogens is 167 g/mol. The van der Waals surface area contributed by atoms with Gasteiger partial charge in [0, 0.05) is 6.42 Å². The van der Waals surface area contributed by atoms with Crippen LogP contribution in [0.5, 0.6) is 0 Å². The van der Waals surface area contributed by atoms with Crippen LogP contribution < -0.4 is 0 Å². The monoisotopic (exact) mass is 176 g/mol. The van der Waals surface area contributed by atoms with Gasteiger partial charge in [0.05, 0.1) is 0 Å². The van der Waals surface area contributed by atoms with Crippen molar-refractivity contribution in [2.45, 2.75) is 19.0 Å². The van der Waals surface area contributed by atoms with Crippen LogP contribution in [0.3, 0.4) is 0 Å². The summed E-state index contributed by atoms with van der Waals surface area (Å²) in [6.07, 6.45) is -0.711. The summed E-state index contributed by atoms with van der Waals surface area (Å²) in [5, 5.41) is 16.5. The molecule has 2 N–H and O–H groups in total. The Bertz CT molecular complexity index is 220. The number of rotatable bonds is 4. The van der Waals surface area contributed by atoms with Gasteiger partial charge in [-0.3, -0.25) is 0 Å². The molecule has 0 fully saturated rings. The second kappa shape index (κ2) is 3.34. The molecule has 0 unspecified atom stereocenters. The van der Waals surface area contributed by atoms with E-state index >= 15 is 0 Å². The number of hydrogen-bond donors (Lipinski definition) is 2. The highest BCUT2D eigenvalue weighted by atomic mass is 19.1. The van der Waals surface area contributed by atoms with Crippen LogP contribution in [0, 0.1) is 0 Å². The van der Waals surface area contributed by atoms with E-state index in [1.165, 1.54) is 6.92 Å². The fourth-order valence-electron chi connectivity index (χ4n) is 0.659. The van der Waals surface area contributed by atoms with E-state index in [-0.39, 0.29) is 5.57 Å². The highest BCUT2D eigenvalue weighted by Crippen LogP contribution is 2.21. The van der Waals surface area contributed by atoms with E-state index in [4.69, 9.17) is 10.2 Å². The van der Waals surface area contributed by atoms with E-state index in [9.17, 15) is 14.0 Å². The lowest BCUT2D eigenvalue weighted by molar-refractivity contribution is -0.166. The van der Waals surface area contributed by atoms with Crippen molar-refractivity contribution in [3.63, 3.8) is 0 Å². The molecule has 5 heteroatoms. The van der Waals surface area contributed by atoms with Crippen LogP contribution in [0.2, 0.25) is 0 Å². The number of carboxylic acids is 2. The Kier molecular flexibility index (Phi) is 2.95. The summed E-state index contributed by atoms with van der Waals surface area (Å²) >= 11 is 0. The molecule has 0 bridgehead atoms. The number of halogens is 1. The Morgan fingerprint density at radius 1 is 1.42 bits per heavy atom. The lowest BCUT2D eigenvalue weighted by Crippen LogP contribution is -2.42. The number of hydrogen-bond acceptors (Lipinski definition) is 2. The van der Waals surface area contributed by atoms with Gasteiger partial charge < -0.3 is 10.2 Å². The summed E-state index contributed by atoms with van der Waals surface area (Å²) in [7, 11) is 0. The molecule has 0 rings (SSSR count). The Labute approximate surface area is 68.3 Å². The molecule has 0 spiro atoms. The molecule has 12 heavy (non-hydrogen) atoms. The molecule has 0 radical (unpaired) electrons. The summed E-state index contributed by atoms with van der Waals surface area (Å²) in [5.41, 5.74) is -3.08. The van der Waals surface area contributed by atoms with E-state index < -0.39 is 24.0 Å². The fourth-order valence-corrected chi connectivity index (χ4v) is 0.659. The maximum absolute atomic E-state index is 13.0. The van der Waals surface area contributed by atoms with Gasteiger partial charge in [-0.15, -0.1) is 0 Å². The van der Waals surface area contributed by atoms with Gasteiger partial charge in [0.1, 0.15) is 0 Å². The van der Waals surface area contributed by atoms with Crippen molar-refractivity contribution >= 4 is 11.9 Å². The van der Waals surface area contributed by atoms with E-state index in [1.807, 2.05) is 0 Å². The first-order valence-electron chi connectivity index (χ1n) is 3.11. The van der Waals surface area contributed by atoms with Gasteiger partial charge in [-0.1, -0.05) is 12.2 Å². The largest absolute Gasteiger partial charge is 0.478 e. The molecule has 68 valence electrons. The number of carbonyl (C=O) groups is 2. The molecule has 0 saturated heterocycles. The molecule has 0 amide bonds. The third kappa shape index (κ3) is 2.05. The quantitative estimate of drug-likeness (QED) is 0.491. The Hall–Kier alpha value is -1.39. The zero-order valence-corrected chi connectivity index (χ0v) is 6.50. The van der Waals surface area contributed by atoms with Gasteiger partial charge in [0.15, 0.2) is 0 Å². The lowest BCUT2D eigenvalue weighted by Gasteiger charge is -2.14. The molecular formula is C7H9FO4. The first kappa shape index (κ1) is 10.6. The van der Waals surface area contributed by atoms with Gasteiger partial charge in [0.2, 0.25) is 0 Å². The van der Waals surface area contributed by atoms with E-state index in [0.29, 0.717) is 0 Å². The SMILES string of the molecule is C=C(C)CC(F)(C(=O)O)C(=O)O. The minimum atomic E-state index is -3.24. The van der Waals surface area contributed by atoms with Crippen LogP contribution in [0.15, 0.2) is 12.2 Å². The number of alkyl halides is 1. The van der Waals surface area contributed by atoms with Gasteiger partial charge in [0.25, 0.3) is 0 Å². The molecule has 0 aromatic rings. The van der Waals surface area contributed by atoms with Crippen molar-refractivity contribution in [2.24, 2.45) is 0 Å². The molecule has 0 atom stereocenters. The number of carboxylic acid groups (broad SMARTS) is 2. The Morgan fingerprint density at radius 2 is 1.75 bits per heavy atom. The van der Waals surface area contributed by atoms with Crippen molar-refractivity contribution in [3.05, 3.63) is 12.2 Å². The molecule has 0 aromatic heterocycles. The van der Waals surface area contributed by atoms with Crippen LogP contribution in [-0.4, -0.2) is 27.8 Å². The second-order valence-corrected chi connectivity index (χ2v) is 2.55. The van der Waals surface area contributed by atoms with Gasteiger partial charge in [-0.2, -0.15) is 0 Å². The molecule has 0 aliphatic rings. The first-order valence-corrected chi connectivity index (χ1v) is 3.11. The van der Waals surface area contributed by atoms with Crippen LogP contribution in [0.25, 0.3) is 0 Å². The van der Waals surface area contributed by atoms with Crippen LogP contribution in [0.4, 0.5) is 4.39 Å². The van der Waals surface area contributed by atoms with Crippen molar-refractivity contribution < 1.29 is 24.2 Å². The van der Waals surface area contributed by atoms with Crippen LogP contribution >= 0.6 is 0 Å². The molecule has 4 nitrogen and oxygen atoms in total. The zero-order valence-electron chi connectivity index (χ0n) is 6.50. The Morgan fingerprint density at radius 3 is 1.83 bits per heavy atom. The Balaban J connectivity index is 4.75. The van der Waals surface area contributed by atoms with Crippen LogP contribution in [-0.2, 0) is 9.59 Å². The molecule has 0 aliphatic carbocycles. The molecule has 0 aliphatic heterocycles. The van der Waals surface area contributed by atoms with E-state index in [1.54, 1.807) is 0 Å². The summed E-state index contributed by atoms with van der Waals surface area (Å²) in [5.74, 6) is -4.00. The molecule has 0 saturated carbocycles. The zero-order chi connectivity index (χ0) is 9.94.